The molecule has 0 bridgehead atoms. The van der Waals surface area contributed by atoms with E-state index in [2.05, 4.69) is 103 Å². The average molecular weight is 575 g/mol. The van der Waals surface area contributed by atoms with Crippen LogP contribution in [0.1, 0.15) is 73.6 Å². The Balaban J connectivity index is 1.98. The lowest BCUT2D eigenvalue weighted by atomic mass is 9.85. The van der Waals surface area contributed by atoms with Crippen molar-refractivity contribution in [3.63, 3.8) is 0 Å². The summed E-state index contributed by atoms with van der Waals surface area (Å²) in [6.45, 7) is 12.9. The molecule has 2 aromatic rings. The zero-order valence-corrected chi connectivity index (χ0v) is 25.4. The second kappa shape index (κ2) is 12.3. The summed E-state index contributed by atoms with van der Waals surface area (Å²) in [6.07, 6.45) is 5.71. The van der Waals surface area contributed by atoms with Crippen LogP contribution < -0.4 is 15.7 Å². The molecule has 0 heterocycles. The van der Waals surface area contributed by atoms with Crippen LogP contribution in [0.25, 0.3) is 0 Å². The van der Waals surface area contributed by atoms with E-state index in [4.69, 9.17) is 9.16 Å². The van der Waals surface area contributed by atoms with Crippen LogP contribution in [0.15, 0.2) is 60.7 Å². The number of amides is 1. The maximum Gasteiger partial charge on any atom is 0.407 e. The largest absolute Gasteiger partial charge is 0.444 e. The number of carbonyl (C=O) groups is 1. The second-order valence-electron chi connectivity index (χ2n) is 12.1. The first kappa shape index (κ1) is 28.9. The van der Waals surface area contributed by atoms with Crippen molar-refractivity contribution in [2.75, 3.05) is 6.61 Å². The van der Waals surface area contributed by atoms with Crippen LogP contribution in [-0.4, -0.2) is 37.5 Å². The third-order valence-corrected chi connectivity index (χ3v) is 13.5. The van der Waals surface area contributed by atoms with Gasteiger partial charge in [-0.05, 0) is 54.9 Å². The van der Waals surface area contributed by atoms with Crippen LogP contribution in [0.2, 0.25) is 5.04 Å². The van der Waals surface area contributed by atoms with Gasteiger partial charge in [0.15, 0.2) is 0 Å². The van der Waals surface area contributed by atoms with E-state index in [9.17, 15) is 4.79 Å². The molecule has 0 aromatic heterocycles. The third kappa shape index (κ3) is 7.23. The van der Waals surface area contributed by atoms with E-state index in [1.54, 1.807) is 0 Å². The molecule has 1 N–H and O–H groups in total. The molecule has 0 spiro atoms. The predicted octanol–water partition coefficient (Wildman–Crippen LogP) is 6.80. The Labute approximate surface area is 227 Å². The molecule has 1 aliphatic rings. The summed E-state index contributed by atoms with van der Waals surface area (Å²) >= 11 is 4.01. The molecule has 6 heteroatoms. The number of hydrogen-bond donors (Lipinski definition) is 1. The summed E-state index contributed by atoms with van der Waals surface area (Å²) in [4.78, 5) is 13.0. The van der Waals surface area contributed by atoms with E-state index in [1.807, 2.05) is 20.8 Å². The highest BCUT2D eigenvalue weighted by Gasteiger charge is 2.50. The minimum Gasteiger partial charge on any atom is -0.444 e. The lowest BCUT2D eigenvalue weighted by Gasteiger charge is -2.44. The monoisotopic (exact) mass is 573 g/mol. The summed E-state index contributed by atoms with van der Waals surface area (Å²) in [7, 11) is -2.72. The molecule has 0 radical (unpaired) electrons. The number of rotatable bonds is 8. The molecule has 1 aliphatic carbocycles. The fourth-order valence-electron chi connectivity index (χ4n) is 5.43. The first-order valence-corrected chi connectivity index (χ1v) is 16.1. The van der Waals surface area contributed by atoms with Gasteiger partial charge in [0.25, 0.3) is 8.32 Å². The fraction of sp³-hybridized carbons (Fsp3) is 0.567. The van der Waals surface area contributed by atoms with E-state index in [0.717, 1.165) is 0 Å². The number of carbonyl (C=O) groups excluding carboxylic acids is 1. The van der Waals surface area contributed by atoms with E-state index < -0.39 is 13.9 Å². The molecule has 1 saturated carbocycles. The Morgan fingerprint density at radius 2 is 1.42 bits per heavy atom. The predicted molar refractivity (Wildman–Crippen MR) is 156 cm³/mol. The number of alkyl carbamates (subject to hydrolysis) is 1. The zero-order valence-electron chi connectivity index (χ0n) is 22.9. The summed E-state index contributed by atoms with van der Waals surface area (Å²) < 4.78 is 12.9. The zero-order chi connectivity index (χ0) is 26.4. The molecule has 0 aliphatic heterocycles. The number of ether oxygens (including phenoxy) is 1. The number of halogens is 1. The summed E-state index contributed by atoms with van der Waals surface area (Å²) in [5.74, 6) is 0.501. The van der Waals surface area contributed by atoms with Gasteiger partial charge >= 0.3 is 6.09 Å². The van der Waals surface area contributed by atoms with Crippen molar-refractivity contribution in [1.82, 2.24) is 5.32 Å². The van der Waals surface area contributed by atoms with Gasteiger partial charge in [-0.2, -0.15) is 0 Å². The number of nitrogens with one attached hydrogen (secondary N) is 1. The Kier molecular flexibility index (Phi) is 9.86. The van der Waals surface area contributed by atoms with Crippen molar-refractivity contribution in [2.24, 2.45) is 5.92 Å². The SMILES string of the molecule is CC(C)(C)OC(=O)N[C@H](CO[Si](c1ccccc1)(c1ccccc1)C(C)(C)C)[C@@H](Br)C1CCCCC1. The van der Waals surface area contributed by atoms with Crippen molar-refractivity contribution in [2.45, 2.75) is 95.2 Å². The summed E-state index contributed by atoms with van der Waals surface area (Å²) in [6, 6.07) is 21.1. The molecule has 0 saturated heterocycles. The fourth-order valence-corrected chi connectivity index (χ4v) is 10.8. The number of hydrogen-bond acceptors (Lipinski definition) is 3. The molecule has 0 unspecified atom stereocenters. The molecule has 3 rings (SSSR count). The molecule has 2 aromatic carbocycles. The Hall–Kier alpha value is -1.63. The lowest BCUT2D eigenvalue weighted by Crippen LogP contribution is -2.67. The molecular formula is C30H44BrNO3Si. The van der Waals surface area contributed by atoms with E-state index in [0.29, 0.717) is 12.5 Å². The van der Waals surface area contributed by atoms with Gasteiger partial charge in [0, 0.05) is 4.83 Å². The lowest BCUT2D eigenvalue weighted by molar-refractivity contribution is 0.0477. The van der Waals surface area contributed by atoms with Gasteiger partial charge < -0.3 is 14.5 Å². The Morgan fingerprint density at radius 1 is 0.917 bits per heavy atom. The van der Waals surface area contributed by atoms with Gasteiger partial charge in [0.05, 0.1) is 12.6 Å². The standard InChI is InChI=1S/C30H44BrNO3Si/c1-29(2,3)35-28(33)32-26(27(31)23-16-10-7-11-17-23)22-34-36(30(4,5)6,24-18-12-8-13-19-24)25-20-14-9-15-21-25/h8-9,12-15,18-21,23,26-27H,7,10-11,16-17,22H2,1-6H3,(H,32,33)/t26-,27+/m1/s1. The van der Waals surface area contributed by atoms with Gasteiger partial charge in [-0.15, -0.1) is 0 Å². The third-order valence-electron chi connectivity index (χ3n) is 7.08. The van der Waals surface area contributed by atoms with E-state index in [1.165, 1.54) is 42.5 Å². The van der Waals surface area contributed by atoms with Crippen LogP contribution in [0.4, 0.5) is 4.79 Å². The van der Waals surface area contributed by atoms with Crippen molar-refractivity contribution in [3.05, 3.63) is 60.7 Å². The Bertz CT molecular complexity index is 910. The average Bonchev–Trinajstić information content (AvgIpc) is 2.83. The smallest absolute Gasteiger partial charge is 0.407 e. The second-order valence-corrected chi connectivity index (χ2v) is 17.4. The van der Waals surface area contributed by atoms with Gasteiger partial charge in [0.2, 0.25) is 0 Å². The summed E-state index contributed by atoms with van der Waals surface area (Å²) in [5.41, 5.74) is -0.555. The van der Waals surface area contributed by atoms with Crippen LogP contribution in [-0.2, 0) is 9.16 Å². The first-order valence-electron chi connectivity index (χ1n) is 13.3. The van der Waals surface area contributed by atoms with Crippen molar-refractivity contribution >= 4 is 40.7 Å². The van der Waals surface area contributed by atoms with Crippen LogP contribution in [0, 0.1) is 5.92 Å². The topological polar surface area (TPSA) is 47.6 Å². The minimum atomic E-state index is -2.72. The van der Waals surface area contributed by atoms with Crippen LogP contribution >= 0.6 is 15.9 Å². The molecule has 36 heavy (non-hydrogen) atoms. The van der Waals surface area contributed by atoms with Crippen LogP contribution in [0.3, 0.4) is 0 Å². The van der Waals surface area contributed by atoms with Gasteiger partial charge in [-0.3, -0.25) is 0 Å². The first-order chi connectivity index (χ1) is 16.9. The Morgan fingerprint density at radius 3 is 1.86 bits per heavy atom. The van der Waals surface area contributed by atoms with Gasteiger partial charge in [0.1, 0.15) is 5.60 Å². The van der Waals surface area contributed by atoms with E-state index in [-0.39, 0.29) is 22.0 Å². The molecule has 198 valence electrons. The summed E-state index contributed by atoms with van der Waals surface area (Å²) in [5, 5.41) is 5.54. The highest BCUT2D eigenvalue weighted by molar-refractivity contribution is 9.09. The van der Waals surface area contributed by atoms with Crippen LogP contribution in [0.5, 0.6) is 0 Å². The van der Waals surface area contributed by atoms with Crippen molar-refractivity contribution in [3.8, 4) is 0 Å². The molecule has 2 atom stereocenters. The minimum absolute atomic E-state index is 0.114. The van der Waals surface area contributed by atoms with Crippen molar-refractivity contribution < 1.29 is 14.0 Å². The van der Waals surface area contributed by atoms with Gasteiger partial charge in [-0.1, -0.05) is 117 Å². The molecule has 4 nitrogen and oxygen atoms in total. The molecule has 1 amide bonds. The van der Waals surface area contributed by atoms with E-state index >= 15 is 0 Å². The van der Waals surface area contributed by atoms with Gasteiger partial charge in [-0.25, -0.2) is 4.79 Å². The normalized spacial score (nSPS) is 17.3. The number of benzene rings is 2. The number of alkyl halides is 1. The maximum absolute atomic E-state index is 12.9. The highest BCUT2D eigenvalue weighted by Crippen LogP contribution is 2.38. The van der Waals surface area contributed by atoms with Crippen molar-refractivity contribution in [1.29, 1.82) is 0 Å². The highest BCUT2D eigenvalue weighted by atomic mass is 79.9. The quantitative estimate of drug-likeness (QED) is 0.279. The molecule has 1 fully saturated rings. The molecular weight excluding hydrogens is 530 g/mol. The maximum atomic E-state index is 12.9.